The van der Waals surface area contributed by atoms with Gasteiger partial charge in [-0.05, 0) is 67.8 Å². The molecule has 46 heavy (non-hydrogen) atoms. The van der Waals surface area contributed by atoms with Crippen molar-refractivity contribution in [2.45, 2.75) is 43.9 Å². The van der Waals surface area contributed by atoms with E-state index < -0.39 is 47.4 Å². The van der Waals surface area contributed by atoms with E-state index in [1.807, 2.05) is 6.07 Å². The quantitative estimate of drug-likeness (QED) is 0.207. The molecule has 0 bridgehead atoms. The third-order valence-corrected chi connectivity index (χ3v) is 8.37. The number of aliphatic hydroxyl groups is 1. The third kappa shape index (κ3) is 5.14. The summed E-state index contributed by atoms with van der Waals surface area (Å²) in [7, 11) is 0. The molecule has 0 unspecified atom stereocenters. The van der Waals surface area contributed by atoms with E-state index >= 15 is 0 Å². The molecule has 2 aliphatic heterocycles. The number of amides is 2. The minimum atomic E-state index is -4.69. The van der Waals surface area contributed by atoms with Gasteiger partial charge in [-0.3, -0.25) is 19.4 Å². The maximum Gasteiger partial charge on any atom is 0.416 e. The van der Waals surface area contributed by atoms with Gasteiger partial charge in [0.1, 0.15) is 17.7 Å². The third-order valence-electron chi connectivity index (χ3n) is 8.37. The van der Waals surface area contributed by atoms with Gasteiger partial charge in [-0.25, -0.2) is 9.07 Å². The van der Waals surface area contributed by atoms with Crippen LogP contribution >= 0.6 is 0 Å². The van der Waals surface area contributed by atoms with Crippen molar-refractivity contribution in [3.05, 3.63) is 107 Å². The summed E-state index contributed by atoms with van der Waals surface area (Å²) in [5.41, 5.74) is 0.693. The van der Waals surface area contributed by atoms with Gasteiger partial charge in [0.05, 0.1) is 28.7 Å². The van der Waals surface area contributed by atoms with Gasteiger partial charge in [-0.1, -0.05) is 30.3 Å². The molecule has 0 saturated carbocycles. The van der Waals surface area contributed by atoms with Crippen molar-refractivity contribution in [2.24, 2.45) is 0 Å². The van der Waals surface area contributed by atoms with Gasteiger partial charge >= 0.3 is 6.18 Å². The van der Waals surface area contributed by atoms with Gasteiger partial charge in [-0.15, -0.1) is 0 Å². The highest BCUT2D eigenvalue weighted by molar-refractivity contribution is 6.06. The van der Waals surface area contributed by atoms with E-state index in [0.29, 0.717) is 34.4 Å². The van der Waals surface area contributed by atoms with Crippen LogP contribution in [-0.2, 0) is 11.0 Å². The number of para-hydroxylation sites is 1. The number of aromatic nitrogens is 2. The van der Waals surface area contributed by atoms with Crippen LogP contribution in [0.2, 0.25) is 0 Å². The number of fused-ring (bicyclic) bond motifs is 2. The summed E-state index contributed by atoms with van der Waals surface area (Å²) in [6.07, 6.45) is -2.03. The largest absolute Gasteiger partial charge is 0.416 e. The number of anilines is 2. The fraction of sp³-hybridized carbons (Fsp3) is 0.273. The lowest BCUT2D eigenvalue weighted by molar-refractivity contribution is -0.137. The molecule has 0 saturated heterocycles. The maximum absolute atomic E-state index is 14.8. The standard InChI is InChI=1S/C33H28F4N6O3/c1-2-41-31-27-26(29(32(41)46)39-30(45)19-8-6-9-20(16-19)33(35,36)37)23-14-13-21(34)17-25(23)42(18-38)24(12-7-15-44)28(27)40-43(31)22-10-4-3-5-11-22/h3-6,8-11,13-14,16-17,24,26,29,44H,2,7,12,15H2,1H3,(H,39,45)/t24-,26+,29+/m1/s1. The minimum Gasteiger partial charge on any atom is -0.396 e. The number of rotatable bonds is 7. The van der Waals surface area contributed by atoms with Crippen LogP contribution < -0.4 is 15.1 Å². The van der Waals surface area contributed by atoms with E-state index in [0.717, 1.165) is 12.1 Å². The van der Waals surface area contributed by atoms with Crippen molar-refractivity contribution >= 4 is 23.3 Å². The number of nitriles is 1. The summed E-state index contributed by atoms with van der Waals surface area (Å²) in [5.74, 6) is -2.72. The van der Waals surface area contributed by atoms with E-state index in [4.69, 9.17) is 5.10 Å². The Hall–Kier alpha value is -5.22. The van der Waals surface area contributed by atoms with E-state index in [1.165, 1.54) is 34.1 Å². The Morgan fingerprint density at radius 3 is 2.52 bits per heavy atom. The van der Waals surface area contributed by atoms with Crippen LogP contribution in [0.5, 0.6) is 0 Å². The highest BCUT2D eigenvalue weighted by atomic mass is 19.4. The minimum absolute atomic E-state index is 0.145. The molecule has 2 amide bonds. The molecule has 236 valence electrons. The highest BCUT2D eigenvalue weighted by Crippen LogP contribution is 2.52. The fourth-order valence-electron chi connectivity index (χ4n) is 6.37. The summed E-state index contributed by atoms with van der Waals surface area (Å²) in [5, 5.41) is 27.8. The van der Waals surface area contributed by atoms with Crippen molar-refractivity contribution in [3.8, 4) is 11.9 Å². The topological polar surface area (TPSA) is 114 Å². The molecule has 13 heteroatoms. The molecule has 2 aliphatic rings. The van der Waals surface area contributed by atoms with Crippen molar-refractivity contribution < 1.29 is 32.3 Å². The summed E-state index contributed by atoms with van der Waals surface area (Å²) >= 11 is 0. The second-order valence-electron chi connectivity index (χ2n) is 11.0. The maximum atomic E-state index is 14.8. The van der Waals surface area contributed by atoms with Crippen LogP contribution in [0.1, 0.15) is 64.5 Å². The fourth-order valence-corrected chi connectivity index (χ4v) is 6.37. The summed E-state index contributed by atoms with van der Waals surface area (Å²) in [4.78, 5) is 30.7. The SMILES string of the molecule is CCN1C(=O)[C@@H](NC(=O)c2cccc(C(F)(F)F)c2)[C@H]2c3ccc(F)cc3N(C#N)[C@H](CCCO)c3nn(-c4ccccc4)c1c32. The average Bonchev–Trinajstić information content (AvgIpc) is 3.38. The Balaban J connectivity index is 1.61. The van der Waals surface area contributed by atoms with Gasteiger partial charge < -0.3 is 10.4 Å². The molecular weight excluding hydrogens is 604 g/mol. The molecule has 1 aromatic heterocycles. The predicted octanol–water partition coefficient (Wildman–Crippen LogP) is 5.44. The monoisotopic (exact) mass is 632 g/mol. The van der Waals surface area contributed by atoms with Crippen LogP contribution in [0.25, 0.3) is 5.69 Å². The van der Waals surface area contributed by atoms with Gasteiger partial charge in [0.15, 0.2) is 6.19 Å². The predicted molar refractivity (Wildman–Crippen MR) is 160 cm³/mol. The molecule has 2 N–H and O–H groups in total. The molecule has 0 fully saturated rings. The first-order valence-corrected chi connectivity index (χ1v) is 14.7. The smallest absolute Gasteiger partial charge is 0.396 e. The van der Waals surface area contributed by atoms with Gasteiger partial charge in [-0.2, -0.15) is 23.5 Å². The Kier molecular flexibility index (Phi) is 7.99. The summed E-state index contributed by atoms with van der Waals surface area (Å²) in [6.45, 7) is 1.70. The lowest BCUT2D eigenvalue weighted by Crippen LogP contribution is -2.55. The van der Waals surface area contributed by atoms with Crippen molar-refractivity contribution in [1.29, 1.82) is 5.26 Å². The second-order valence-corrected chi connectivity index (χ2v) is 11.0. The lowest BCUT2D eigenvalue weighted by Gasteiger charge is -2.38. The number of alkyl halides is 3. The van der Waals surface area contributed by atoms with E-state index in [1.54, 1.807) is 35.9 Å². The normalized spacial score (nSPS) is 18.8. The highest BCUT2D eigenvalue weighted by Gasteiger charge is 2.50. The number of aliphatic hydroxyl groups excluding tert-OH is 1. The van der Waals surface area contributed by atoms with Crippen molar-refractivity contribution in [1.82, 2.24) is 15.1 Å². The molecule has 0 spiro atoms. The Morgan fingerprint density at radius 2 is 1.85 bits per heavy atom. The first-order chi connectivity index (χ1) is 22.1. The number of likely N-dealkylation sites (N-methyl/N-ethyl adjacent to an activating group) is 1. The number of nitrogens with one attached hydrogen (secondary N) is 1. The van der Waals surface area contributed by atoms with Crippen LogP contribution in [0.3, 0.4) is 0 Å². The van der Waals surface area contributed by atoms with Crippen molar-refractivity contribution in [3.63, 3.8) is 0 Å². The van der Waals surface area contributed by atoms with E-state index in [2.05, 4.69) is 11.5 Å². The molecule has 9 nitrogen and oxygen atoms in total. The number of halogens is 4. The van der Waals surface area contributed by atoms with Crippen LogP contribution in [0.15, 0.2) is 72.8 Å². The molecular formula is C33H28F4N6O3. The first-order valence-electron chi connectivity index (χ1n) is 14.7. The van der Waals surface area contributed by atoms with Crippen LogP contribution in [-0.4, -0.2) is 45.9 Å². The number of carbonyl (C=O) groups is 2. The zero-order valence-electron chi connectivity index (χ0n) is 24.5. The zero-order chi connectivity index (χ0) is 32.7. The molecule has 6 rings (SSSR count). The Morgan fingerprint density at radius 1 is 1.09 bits per heavy atom. The lowest BCUT2D eigenvalue weighted by atomic mass is 9.80. The van der Waals surface area contributed by atoms with Crippen LogP contribution in [0, 0.1) is 17.3 Å². The molecule has 0 radical (unpaired) electrons. The first kappa shape index (κ1) is 30.8. The zero-order valence-corrected chi connectivity index (χ0v) is 24.5. The van der Waals surface area contributed by atoms with Gasteiger partial charge in [0.25, 0.3) is 11.8 Å². The van der Waals surface area contributed by atoms with Gasteiger partial charge in [0, 0.05) is 30.2 Å². The van der Waals surface area contributed by atoms with E-state index in [9.17, 15) is 37.5 Å². The molecule has 3 atom stereocenters. The average molecular weight is 633 g/mol. The van der Waals surface area contributed by atoms with Gasteiger partial charge in [0.2, 0.25) is 0 Å². The molecule has 3 aromatic carbocycles. The number of carbonyl (C=O) groups excluding carboxylic acids is 2. The number of benzene rings is 3. The summed E-state index contributed by atoms with van der Waals surface area (Å²) in [6, 6.07) is 14.6. The number of hydrogen-bond acceptors (Lipinski definition) is 6. The molecule has 0 aliphatic carbocycles. The number of nitrogens with zero attached hydrogens (tertiary/aromatic N) is 5. The Labute approximate surface area is 261 Å². The van der Waals surface area contributed by atoms with Crippen molar-refractivity contribution in [2.75, 3.05) is 23.0 Å². The molecule has 4 aromatic rings. The summed E-state index contributed by atoms with van der Waals surface area (Å²) < 4.78 is 56.9. The van der Waals surface area contributed by atoms with E-state index in [-0.39, 0.29) is 37.2 Å². The number of hydrogen-bond donors (Lipinski definition) is 2. The Bertz CT molecular complexity index is 1850. The van der Waals surface area contributed by atoms with Crippen LogP contribution in [0.4, 0.5) is 29.1 Å². The molecule has 3 heterocycles. The second kappa shape index (κ2) is 11.9.